The highest BCUT2D eigenvalue weighted by Crippen LogP contribution is 2.25. The lowest BCUT2D eigenvalue weighted by molar-refractivity contribution is -0.140. The summed E-state index contributed by atoms with van der Waals surface area (Å²) in [5, 5.41) is 3.68. The van der Waals surface area contributed by atoms with Crippen molar-refractivity contribution in [2.75, 3.05) is 17.1 Å². The Balaban J connectivity index is 2.08. The van der Waals surface area contributed by atoms with Crippen molar-refractivity contribution in [2.45, 2.75) is 52.2 Å². The minimum absolute atomic E-state index is 0.0204. The van der Waals surface area contributed by atoms with E-state index in [9.17, 15) is 18.0 Å². The third-order valence-corrected chi connectivity index (χ3v) is 8.46. The van der Waals surface area contributed by atoms with E-state index in [1.807, 2.05) is 57.2 Å². The lowest BCUT2D eigenvalue weighted by atomic mass is 10.0. The van der Waals surface area contributed by atoms with Gasteiger partial charge in [0, 0.05) is 19.0 Å². The maximum atomic E-state index is 14.1. The molecule has 0 heterocycles. The summed E-state index contributed by atoms with van der Waals surface area (Å²) in [4.78, 5) is 29.2. The van der Waals surface area contributed by atoms with Gasteiger partial charge in [-0.2, -0.15) is 0 Å². The molecule has 0 aromatic heterocycles. The lowest BCUT2D eigenvalue weighted by Crippen LogP contribution is -2.54. The third kappa shape index (κ3) is 8.71. The first-order valence-electron chi connectivity index (χ1n) is 13.0. The second kappa shape index (κ2) is 14.0. The van der Waals surface area contributed by atoms with Gasteiger partial charge in [-0.1, -0.05) is 78.7 Å². The quantitative estimate of drug-likeness (QED) is 0.291. The average Bonchev–Trinajstić information content (AvgIpc) is 2.90. The number of hydrogen-bond donors (Lipinski definition) is 1. The molecule has 3 rings (SSSR count). The van der Waals surface area contributed by atoms with Crippen molar-refractivity contribution in [1.29, 1.82) is 0 Å². The van der Waals surface area contributed by atoms with Crippen LogP contribution in [0, 0.1) is 6.92 Å². The normalized spacial score (nSPS) is 12.8. The Kier molecular flexibility index (Phi) is 11.0. The molecule has 214 valence electrons. The largest absolute Gasteiger partial charge is 0.352 e. The number of carbonyl (C=O) groups excluding carboxylic acids is 2. The fourth-order valence-corrected chi connectivity index (χ4v) is 5.39. The predicted octanol–water partition coefficient (Wildman–Crippen LogP) is 5.62. The standard InChI is InChI=1S/C30H35Cl2N3O4S/c1-5-22(3)33-30(37)28(18-23-11-7-6-8-12-23)34(19-24-14-15-26(31)27(32)17-24)29(36)20-35(40(4,38)39)25-13-9-10-21(2)16-25/h6-17,22,28H,5,18-20H2,1-4H3,(H,33,37). The van der Waals surface area contributed by atoms with E-state index < -0.39 is 28.5 Å². The Morgan fingerprint density at radius 1 is 0.925 bits per heavy atom. The summed E-state index contributed by atoms with van der Waals surface area (Å²) in [5.74, 6) is -0.855. The summed E-state index contributed by atoms with van der Waals surface area (Å²) >= 11 is 12.4. The highest BCUT2D eigenvalue weighted by Gasteiger charge is 2.33. The van der Waals surface area contributed by atoms with Gasteiger partial charge in [-0.05, 0) is 61.2 Å². The molecule has 0 saturated carbocycles. The zero-order valence-corrected chi connectivity index (χ0v) is 25.4. The number of nitrogens with zero attached hydrogens (tertiary/aromatic N) is 2. The van der Waals surface area contributed by atoms with Gasteiger partial charge in [0.2, 0.25) is 21.8 Å². The number of halogens is 2. The van der Waals surface area contributed by atoms with Crippen LogP contribution in [0.4, 0.5) is 5.69 Å². The molecule has 0 saturated heterocycles. The molecule has 0 aliphatic carbocycles. The first kappa shape index (κ1) is 31.5. The highest BCUT2D eigenvalue weighted by atomic mass is 35.5. The number of aryl methyl sites for hydroxylation is 1. The predicted molar refractivity (Wildman–Crippen MR) is 162 cm³/mol. The molecule has 0 aliphatic rings. The average molecular weight is 605 g/mol. The van der Waals surface area contributed by atoms with E-state index in [4.69, 9.17) is 23.2 Å². The van der Waals surface area contributed by atoms with Crippen molar-refractivity contribution in [3.63, 3.8) is 0 Å². The van der Waals surface area contributed by atoms with Gasteiger partial charge >= 0.3 is 0 Å². The SMILES string of the molecule is CCC(C)NC(=O)C(Cc1ccccc1)N(Cc1ccc(Cl)c(Cl)c1)C(=O)CN(c1cccc(C)c1)S(C)(=O)=O. The van der Waals surface area contributed by atoms with E-state index in [1.54, 1.807) is 36.4 Å². The minimum atomic E-state index is -3.83. The molecular weight excluding hydrogens is 569 g/mol. The number of amides is 2. The summed E-state index contributed by atoms with van der Waals surface area (Å²) in [5.41, 5.74) is 2.73. The van der Waals surface area contributed by atoms with Crippen LogP contribution in [0.15, 0.2) is 72.8 Å². The Morgan fingerprint density at radius 3 is 2.23 bits per heavy atom. The van der Waals surface area contributed by atoms with E-state index in [-0.39, 0.29) is 24.9 Å². The van der Waals surface area contributed by atoms with Gasteiger partial charge in [0.1, 0.15) is 12.6 Å². The van der Waals surface area contributed by atoms with E-state index in [2.05, 4.69) is 5.32 Å². The highest BCUT2D eigenvalue weighted by molar-refractivity contribution is 7.92. The summed E-state index contributed by atoms with van der Waals surface area (Å²) < 4.78 is 26.8. The first-order valence-corrected chi connectivity index (χ1v) is 15.6. The molecule has 0 spiro atoms. The van der Waals surface area contributed by atoms with Crippen molar-refractivity contribution < 1.29 is 18.0 Å². The maximum absolute atomic E-state index is 14.1. The van der Waals surface area contributed by atoms with Gasteiger partial charge in [-0.3, -0.25) is 13.9 Å². The molecule has 0 fully saturated rings. The molecule has 3 aromatic carbocycles. The van der Waals surface area contributed by atoms with Crippen LogP contribution in [0.5, 0.6) is 0 Å². The zero-order valence-electron chi connectivity index (χ0n) is 23.1. The second-order valence-electron chi connectivity index (χ2n) is 9.90. The second-order valence-corrected chi connectivity index (χ2v) is 12.6. The van der Waals surface area contributed by atoms with Crippen LogP contribution in [-0.2, 0) is 32.6 Å². The fraction of sp³-hybridized carbons (Fsp3) is 0.333. The molecule has 1 N–H and O–H groups in total. The number of nitrogens with one attached hydrogen (secondary N) is 1. The maximum Gasteiger partial charge on any atom is 0.244 e. The number of carbonyl (C=O) groups is 2. The van der Waals surface area contributed by atoms with Crippen LogP contribution in [0.25, 0.3) is 0 Å². The Hall–Kier alpha value is -3.07. The number of benzene rings is 3. The molecule has 2 unspecified atom stereocenters. The van der Waals surface area contributed by atoms with Crippen LogP contribution >= 0.6 is 23.2 Å². The number of hydrogen-bond acceptors (Lipinski definition) is 4. The first-order chi connectivity index (χ1) is 18.9. The summed E-state index contributed by atoms with van der Waals surface area (Å²) in [7, 11) is -3.83. The van der Waals surface area contributed by atoms with Crippen molar-refractivity contribution in [1.82, 2.24) is 10.2 Å². The van der Waals surface area contributed by atoms with Gasteiger partial charge in [-0.25, -0.2) is 8.42 Å². The van der Waals surface area contributed by atoms with E-state index in [0.29, 0.717) is 27.7 Å². The van der Waals surface area contributed by atoms with E-state index in [0.717, 1.165) is 21.7 Å². The lowest BCUT2D eigenvalue weighted by Gasteiger charge is -2.34. The molecule has 0 aliphatic heterocycles. The van der Waals surface area contributed by atoms with E-state index in [1.165, 1.54) is 4.90 Å². The summed E-state index contributed by atoms with van der Waals surface area (Å²) in [6, 6.07) is 20.3. The molecule has 0 radical (unpaired) electrons. The van der Waals surface area contributed by atoms with Crippen LogP contribution in [-0.4, -0.2) is 50.0 Å². The van der Waals surface area contributed by atoms with Crippen molar-refractivity contribution in [3.8, 4) is 0 Å². The summed E-state index contributed by atoms with van der Waals surface area (Å²) in [6.45, 7) is 5.24. The van der Waals surface area contributed by atoms with Crippen LogP contribution in [0.1, 0.15) is 37.0 Å². The van der Waals surface area contributed by atoms with Crippen LogP contribution in [0.3, 0.4) is 0 Å². The molecule has 3 aromatic rings. The molecule has 40 heavy (non-hydrogen) atoms. The Morgan fingerprint density at radius 2 is 1.62 bits per heavy atom. The third-order valence-electron chi connectivity index (χ3n) is 6.58. The monoisotopic (exact) mass is 603 g/mol. The molecule has 10 heteroatoms. The topological polar surface area (TPSA) is 86.8 Å². The van der Waals surface area contributed by atoms with Crippen LogP contribution in [0.2, 0.25) is 10.0 Å². The molecular formula is C30H35Cl2N3O4S. The van der Waals surface area contributed by atoms with Gasteiger partial charge in [0.05, 0.1) is 22.0 Å². The van der Waals surface area contributed by atoms with Gasteiger partial charge < -0.3 is 10.2 Å². The Labute approximate surface area is 247 Å². The van der Waals surface area contributed by atoms with Crippen molar-refractivity contribution >= 4 is 50.7 Å². The van der Waals surface area contributed by atoms with Crippen molar-refractivity contribution in [2.24, 2.45) is 0 Å². The molecule has 2 atom stereocenters. The summed E-state index contributed by atoms with van der Waals surface area (Å²) in [6.07, 6.45) is 2.00. The van der Waals surface area contributed by atoms with Gasteiger partial charge in [0.25, 0.3) is 0 Å². The smallest absolute Gasteiger partial charge is 0.244 e. The van der Waals surface area contributed by atoms with Crippen LogP contribution < -0.4 is 9.62 Å². The number of anilines is 1. The Bertz CT molecular complexity index is 1430. The number of sulfonamides is 1. The number of rotatable bonds is 12. The molecule has 2 amide bonds. The zero-order chi connectivity index (χ0) is 29.4. The van der Waals surface area contributed by atoms with E-state index >= 15 is 0 Å². The minimum Gasteiger partial charge on any atom is -0.352 e. The van der Waals surface area contributed by atoms with Gasteiger partial charge in [-0.15, -0.1) is 0 Å². The fourth-order valence-electron chi connectivity index (χ4n) is 4.23. The van der Waals surface area contributed by atoms with Gasteiger partial charge in [0.15, 0.2) is 0 Å². The van der Waals surface area contributed by atoms with Crippen molar-refractivity contribution in [3.05, 3.63) is 99.5 Å². The molecule has 0 bridgehead atoms. The molecule has 7 nitrogen and oxygen atoms in total.